The summed E-state index contributed by atoms with van der Waals surface area (Å²) in [6, 6.07) is 13.8. The summed E-state index contributed by atoms with van der Waals surface area (Å²) in [4.78, 5) is 43.2. The molecule has 0 radical (unpaired) electrons. The average molecular weight is 613 g/mol. The summed E-state index contributed by atoms with van der Waals surface area (Å²) in [6.07, 6.45) is 0.239. The van der Waals surface area contributed by atoms with Gasteiger partial charge in [-0.2, -0.15) is 0 Å². The number of nitrogens with one attached hydrogen (secondary N) is 2. The van der Waals surface area contributed by atoms with Gasteiger partial charge in [0.2, 0.25) is 0 Å². The van der Waals surface area contributed by atoms with Crippen LogP contribution in [0, 0.1) is 5.92 Å². The summed E-state index contributed by atoms with van der Waals surface area (Å²) in [6.45, 7) is 11.6. The van der Waals surface area contributed by atoms with E-state index in [1.54, 1.807) is 42.2 Å². The van der Waals surface area contributed by atoms with Crippen molar-refractivity contribution in [2.75, 3.05) is 47.1 Å². The van der Waals surface area contributed by atoms with Crippen LogP contribution in [0.1, 0.15) is 57.0 Å². The molecule has 4 amide bonds. The summed E-state index contributed by atoms with van der Waals surface area (Å²) < 4.78 is 22.1. The van der Waals surface area contributed by atoms with Gasteiger partial charge >= 0.3 is 12.1 Å². The number of ether oxygens (including phenoxy) is 4. The van der Waals surface area contributed by atoms with Crippen LogP contribution in [-0.2, 0) is 16.0 Å². The van der Waals surface area contributed by atoms with E-state index in [1.807, 2.05) is 65.0 Å². The fourth-order valence-corrected chi connectivity index (χ4v) is 4.95. The molecular formula is C33H48N4O7. The second-order valence-corrected chi connectivity index (χ2v) is 12.2. The third kappa shape index (κ3) is 10.3. The largest absolute Gasteiger partial charge is 0.493 e. The van der Waals surface area contributed by atoms with Crippen LogP contribution in [0.2, 0.25) is 0 Å². The van der Waals surface area contributed by atoms with Crippen molar-refractivity contribution in [3.05, 3.63) is 59.7 Å². The number of methoxy groups -OCH3 is 2. The van der Waals surface area contributed by atoms with Gasteiger partial charge in [-0.15, -0.1) is 0 Å². The number of likely N-dealkylation sites (tertiary alicyclic amines) is 1. The Balaban J connectivity index is 1.78. The molecule has 1 saturated heterocycles. The van der Waals surface area contributed by atoms with Gasteiger partial charge in [0.25, 0.3) is 5.91 Å². The molecule has 0 bridgehead atoms. The highest BCUT2D eigenvalue weighted by atomic mass is 16.6. The van der Waals surface area contributed by atoms with Crippen molar-refractivity contribution in [2.24, 2.45) is 5.92 Å². The predicted molar refractivity (Wildman–Crippen MR) is 168 cm³/mol. The minimum Gasteiger partial charge on any atom is -0.493 e. The lowest BCUT2D eigenvalue weighted by molar-refractivity contribution is 0.0283. The second-order valence-electron chi connectivity index (χ2n) is 12.2. The van der Waals surface area contributed by atoms with Gasteiger partial charge in [-0.25, -0.2) is 9.59 Å². The highest BCUT2D eigenvalue weighted by Crippen LogP contribution is 2.30. The van der Waals surface area contributed by atoms with E-state index in [9.17, 15) is 14.4 Å². The van der Waals surface area contributed by atoms with E-state index in [2.05, 4.69) is 10.6 Å². The average Bonchev–Trinajstić information content (AvgIpc) is 3.38. The lowest BCUT2D eigenvalue weighted by Gasteiger charge is -2.32. The van der Waals surface area contributed by atoms with Gasteiger partial charge in [0.15, 0.2) is 11.5 Å². The van der Waals surface area contributed by atoms with Gasteiger partial charge in [-0.1, -0.05) is 30.3 Å². The fraction of sp³-hybridized carbons (Fsp3) is 0.545. The molecule has 11 heteroatoms. The number of rotatable bonds is 13. The number of urea groups is 1. The molecule has 3 rings (SSSR count). The van der Waals surface area contributed by atoms with Crippen molar-refractivity contribution in [2.45, 2.75) is 65.3 Å². The van der Waals surface area contributed by atoms with Gasteiger partial charge in [-0.05, 0) is 58.4 Å². The van der Waals surface area contributed by atoms with Gasteiger partial charge in [-0.3, -0.25) is 4.79 Å². The van der Waals surface area contributed by atoms with E-state index in [0.717, 1.165) is 5.56 Å². The van der Waals surface area contributed by atoms with E-state index in [4.69, 9.17) is 18.9 Å². The predicted octanol–water partition coefficient (Wildman–Crippen LogP) is 4.70. The van der Waals surface area contributed by atoms with E-state index < -0.39 is 17.7 Å². The molecule has 2 aromatic carbocycles. The highest BCUT2D eigenvalue weighted by Gasteiger charge is 2.40. The Labute approximate surface area is 261 Å². The molecule has 242 valence electrons. The quantitative estimate of drug-likeness (QED) is 0.315. The van der Waals surface area contributed by atoms with E-state index in [-0.39, 0.29) is 30.4 Å². The van der Waals surface area contributed by atoms with Gasteiger partial charge < -0.3 is 39.4 Å². The van der Waals surface area contributed by atoms with Crippen molar-refractivity contribution in [1.29, 1.82) is 0 Å². The Morgan fingerprint density at radius 1 is 1.00 bits per heavy atom. The zero-order valence-electron chi connectivity index (χ0n) is 27.1. The fourth-order valence-electron chi connectivity index (χ4n) is 4.95. The normalized spacial score (nSPS) is 16.4. The maximum atomic E-state index is 13.9. The molecule has 1 fully saturated rings. The maximum Gasteiger partial charge on any atom is 0.410 e. The Morgan fingerprint density at radius 3 is 2.36 bits per heavy atom. The third-order valence-corrected chi connectivity index (χ3v) is 7.18. The number of nitrogens with zero attached hydrogens (tertiary/aromatic N) is 2. The van der Waals surface area contributed by atoms with Crippen molar-refractivity contribution in [3.63, 3.8) is 0 Å². The monoisotopic (exact) mass is 612 g/mol. The van der Waals surface area contributed by atoms with Crippen molar-refractivity contribution in [3.8, 4) is 11.5 Å². The lowest BCUT2D eigenvalue weighted by Crippen LogP contribution is -2.49. The molecular weight excluding hydrogens is 564 g/mol. The smallest absolute Gasteiger partial charge is 0.410 e. The van der Waals surface area contributed by atoms with E-state index in [1.165, 1.54) is 0 Å². The first kappa shape index (κ1) is 34.5. The van der Waals surface area contributed by atoms with Crippen LogP contribution in [-0.4, -0.2) is 92.6 Å². The Hall–Kier alpha value is -3.99. The summed E-state index contributed by atoms with van der Waals surface area (Å²) >= 11 is 0. The number of carbonyl (C=O) groups is 3. The standard InChI is InChI=1S/C33H48N4O7/c1-23(2)37(30(38)25-14-15-28(42-7)29(18-25)43-17-11-16-41-6)21-26-20-36(32(40)44-33(3,4)5)22-27(26)35-31(39)34-19-24-12-9-8-10-13-24/h8-10,12-15,18,23,26-27H,11,16-17,19-22H2,1-7H3,(H2,34,35,39)/t26-,27-/m1/s1. The molecule has 1 heterocycles. The number of hydrogen-bond donors (Lipinski definition) is 2. The molecule has 0 saturated carbocycles. The molecule has 1 aliphatic heterocycles. The number of hydrogen-bond acceptors (Lipinski definition) is 7. The Bertz CT molecular complexity index is 1230. The van der Waals surface area contributed by atoms with Crippen LogP contribution < -0.4 is 20.1 Å². The molecule has 0 aliphatic carbocycles. The molecule has 2 N–H and O–H groups in total. The van der Waals surface area contributed by atoms with E-state index >= 15 is 0 Å². The SMILES string of the molecule is COCCCOc1cc(C(=O)N(C[C@H]2CN(C(=O)OC(C)(C)C)C[C@H]2NC(=O)NCc2ccccc2)C(C)C)ccc1OC. The van der Waals surface area contributed by atoms with Gasteiger partial charge in [0, 0.05) is 63.8 Å². The van der Waals surface area contributed by atoms with Crippen LogP contribution in [0.5, 0.6) is 11.5 Å². The van der Waals surface area contributed by atoms with Gasteiger partial charge in [0.1, 0.15) is 5.60 Å². The highest BCUT2D eigenvalue weighted by molar-refractivity contribution is 5.95. The summed E-state index contributed by atoms with van der Waals surface area (Å²) in [5.41, 5.74) is 0.760. The second kappa shape index (κ2) is 16.2. The van der Waals surface area contributed by atoms with Gasteiger partial charge in [0.05, 0.1) is 19.8 Å². The zero-order chi connectivity index (χ0) is 32.3. The minimum atomic E-state index is -0.664. The summed E-state index contributed by atoms with van der Waals surface area (Å²) in [7, 11) is 3.19. The van der Waals surface area contributed by atoms with E-state index in [0.29, 0.717) is 56.3 Å². The first-order valence-electron chi connectivity index (χ1n) is 15.1. The van der Waals surface area contributed by atoms with Crippen LogP contribution in [0.3, 0.4) is 0 Å². The van der Waals surface area contributed by atoms with Crippen molar-refractivity contribution < 1.29 is 33.3 Å². The first-order valence-corrected chi connectivity index (χ1v) is 15.1. The Morgan fingerprint density at radius 2 is 1.73 bits per heavy atom. The van der Waals surface area contributed by atoms with Crippen molar-refractivity contribution >= 4 is 18.0 Å². The Kier molecular flexibility index (Phi) is 12.7. The summed E-state index contributed by atoms with van der Waals surface area (Å²) in [5.74, 6) is 0.584. The summed E-state index contributed by atoms with van der Waals surface area (Å²) in [5, 5.41) is 5.94. The minimum absolute atomic E-state index is 0.154. The molecule has 44 heavy (non-hydrogen) atoms. The molecule has 0 aromatic heterocycles. The molecule has 2 atom stereocenters. The van der Waals surface area contributed by atoms with Crippen LogP contribution in [0.15, 0.2) is 48.5 Å². The van der Waals surface area contributed by atoms with Crippen LogP contribution in [0.25, 0.3) is 0 Å². The lowest BCUT2D eigenvalue weighted by atomic mass is 10.0. The number of amides is 4. The third-order valence-electron chi connectivity index (χ3n) is 7.18. The topological polar surface area (TPSA) is 119 Å². The molecule has 11 nitrogen and oxygen atoms in total. The molecule has 0 spiro atoms. The number of benzene rings is 2. The van der Waals surface area contributed by atoms with Crippen LogP contribution >= 0.6 is 0 Å². The maximum absolute atomic E-state index is 13.9. The molecule has 1 aliphatic rings. The molecule has 0 unspecified atom stereocenters. The van der Waals surface area contributed by atoms with Crippen molar-refractivity contribution in [1.82, 2.24) is 20.4 Å². The van der Waals surface area contributed by atoms with Crippen LogP contribution in [0.4, 0.5) is 9.59 Å². The number of carbonyl (C=O) groups excluding carboxylic acids is 3. The first-order chi connectivity index (χ1) is 20.9. The molecule has 2 aromatic rings. The zero-order valence-corrected chi connectivity index (χ0v) is 27.1.